The number of aromatic nitrogens is 7. The zero-order valence-electron chi connectivity index (χ0n) is 24.3. The van der Waals surface area contributed by atoms with Crippen LogP contribution in [0.3, 0.4) is 0 Å². The Kier molecular flexibility index (Phi) is 9.16. The van der Waals surface area contributed by atoms with Crippen LogP contribution in [0.1, 0.15) is 69.2 Å². The normalized spacial score (nSPS) is 20.8. The van der Waals surface area contributed by atoms with Crippen molar-refractivity contribution in [2.24, 2.45) is 7.05 Å². The molecule has 0 aromatic carbocycles. The summed E-state index contributed by atoms with van der Waals surface area (Å²) in [6.45, 7) is 6.71. The van der Waals surface area contributed by atoms with E-state index in [0.717, 1.165) is 18.5 Å². The fourth-order valence-electron chi connectivity index (χ4n) is 5.02. The lowest BCUT2D eigenvalue weighted by molar-refractivity contribution is -0.151. The highest BCUT2D eigenvalue weighted by Crippen LogP contribution is 2.43. The van der Waals surface area contributed by atoms with Gasteiger partial charge < -0.3 is 39.0 Å². The number of nitrogens with zero attached hydrogens (tertiary/aromatic N) is 7. The lowest BCUT2D eigenvalue weighted by Gasteiger charge is -2.21. The van der Waals surface area contributed by atoms with Gasteiger partial charge in [0, 0.05) is 38.3 Å². The third-order valence-electron chi connectivity index (χ3n) is 7.31. The zero-order chi connectivity index (χ0) is 30.5. The van der Waals surface area contributed by atoms with Gasteiger partial charge in [0.05, 0.1) is 24.5 Å². The molecule has 0 saturated carbocycles. The molecule has 5 rings (SSSR count). The van der Waals surface area contributed by atoms with Crippen molar-refractivity contribution in [1.29, 1.82) is 0 Å². The maximum atomic E-state index is 11.6. The average molecular weight is 598 g/mol. The van der Waals surface area contributed by atoms with E-state index in [1.54, 1.807) is 10.9 Å². The number of aryl methyl sites for hydroxylation is 1. The molecule has 0 radical (unpaired) electrons. The summed E-state index contributed by atoms with van der Waals surface area (Å²) < 4.78 is 25.9. The number of aliphatic hydroxyl groups excluding tert-OH is 1. The summed E-state index contributed by atoms with van der Waals surface area (Å²) in [4.78, 5) is 41.5. The monoisotopic (exact) mass is 597 g/mol. The van der Waals surface area contributed by atoms with Crippen molar-refractivity contribution in [3.05, 3.63) is 42.1 Å². The van der Waals surface area contributed by atoms with Gasteiger partial charge in [0.1, 0.15) is 5.69 Å². The van der Waals surface area contributed by atoms with E-state index in [9.17, 15) is 14.7 Å². The smallest absolute Gasteiger partial charge is 0.293 e. The molecule has 0 aliphatic carbocycles. The van der Waals surface area contributed by atoms with Crippen LogP contribution in [0, 0.1) is 0 Å². The van der Waals surface area contributed by atoms with Gasteiger partial charge in [0.2, 0.25) is 5.95 Å². The number of carbonyl (C=O) groups is 2. The number of anilines is 2. The lowest BCUT2D eigenvalue weighted by atomic mass is 10.1. The van der Waals surface area contributed by atoms with Crippen LogP contribution in [0.4, 0.5) is 11.8 Å². The van der Waals surface area contributed by atoms with Crippen LogP contribution in [-0.2, 0) is 37.3 Å². The third kappa shape index (κ3) is 6.29. The largest absolute Gasteiger partial charge is 0.457 e. The molecule has 16 heteroatoms. The molecule has 1 unspecified atom stereocenters. The van der Waals surface area contributed by atoms with Gasteiger partial charge in [-0.1, -0.05) is 19.0 Å². The van der Waals surface area contributed by atoms with Crippen molar-refractivity contribution in [3.63, 3.8) is 0 Å². The predicted molar refractivity (Wildman–Crippen MR) is 151 cm³/mol. The molecule has 0 spiro atoms. The van der Waals surface area contributed by atoms with Crippen molar-refractivity contribution in [1.82, 2.24) is 34.2 Å². The molecule has 0 amide bonds. The number of ether oxygens (including phenoxy) is 3. The summed E-state index contributed by atoms with van der Waals surface area (Å²) >= 11 is 0. The van der Waals surface area contributed by atoms with Crippen LogP contribution in [0.5, 0.6) is 0 Å². The van der Waals surface area contributed by atoms with Gasteiger partial charge in [-0.05, 0) is 19.8 Å². The summed E-state index contributed by atoms with van der Waals surface area (Å²) in [6, 6.07) is 1.63. The fourth-order valence-corrected chi connectivity index (χ4v) is 5.02. The first-order valence-corrected chi connectivity index (χ1v) is 14.1. The topological polar surface area (TPSA) is 194 Å². The summed E-state index contributed by atoms with van der Waals surface area (Å²) in [5.74, 6) is 1.05. The summed E-state index contributed by atoms with van der Waals surface area (Å²) in [5, 5.41) is 20.5. The maximum Gasteiger partial charge on any atom is 0.293 e. The first-order valence-electron chi connectivity index (χ1n) is 14.1. The average Bonchev–Trinajstić information content (AvgIpc) is 3.79. The van der Waals surface area contributed by atoms with Gasteiger partial charge in [-0.3, -0.25) is 14.2 Å². The Labute approximate surface area is 246 Å². The van der Waals surface area contributed by atoms with E-state index in [0.29, 0.717) is 35.9 Å². The van der Waals surface area contributed by atoms with E-state index in [1.165, 1.54) is 19.3 Å². The molecule has 5 heterocycles. The van der Waals surface area contributed by atoms with Crippen molar-refractivity contribution < 1.29 is 33.4 Å². The Bertz CT molecular complexity index is 1530. The molecule has 16 nitrogen and oxygen atoms in total. The van der Waals surface area contributed by atoms with Crippen LogP contribution in [0.15, 0.2) is 29.4 Å². The number of hydrogen-bond acceptors (Lipinski definition) is 14. The number of carbonyl (C=O) groups excluding carboxylic acids is 2. The standard InChI is InChI=1S/C27H35N9O7/c1-5-16(6-2)31-24-20-25(33-27(32-24)28-8-7-17-10-35(4)11-29-17)36(12-30-20)26-23(41-14-38)22(40-13-37)21(42-26)19-9-18(15(3)39)34-43-19/h9-16,21-23,26,39H,5-8H2,1-4H3,(H2,28,31,32,33)/t15?,21-,22+,23-,26-/m1/s1. The summed E-state index contributed by atoms with van der Waals surface area (Å²) in [5.41, 5.74) is 2.05. The molecular formula is C27H35N9O7. The van der Waals surface area contributed by atoms with Gasteiger partial charge in [0.15, 0.2) is 47.3 Å². The molecular weight excluding hydrogens is 562 g/mol. The minimum absolute atomic E-state index is 0.141. The highest BCUT2D eigenvalue weighted by Gasteiger charge is 2.52. The first-order chi connectivity index (χ1) is 20.9. The van der Waals surface area contributed by atoms with Crippen LogP contribution >= 0.6 is 0 Å². The van der Waals surface area contributed by atoms with Crippen molar-refractivity contribution in [2.45, 2.75) is 76.7 Å². The van der Waals surface area contributed by atoms with Gasteiger partial charge in [-0.2, -0.15) is 9.97 Å². The molecule has 3 N–H and O–H groups in total. The molecule has 1 aliphatic heterocycles. The van der Waals surface area contributed by atoms with Gasteiger partial charge in [-0.25, -0.2) is 9.97 Å². The third-order valence-corrected chi connectivity index (χ3v) is 7.31. The number of aliphatic hydroxyl groups is 1. The van der Waals surface area contributed by atoms with Crippen LogP contribution in [-0.4, -0.2) is 77.1 Å². The number of nitrogens with one attached hydrogen (secondary N) is 2. The Hall–Kier alpha value is -4.57. The van der Waals surface area contributed by atoms with Crippen molar-refractivity contribution >= 4 is 35.9 Å². The highest BCUT2D eigenvalue weighted by atomic mass is 16.6. The SMILES string of the molecule is CCC(CC)Nc1nc(NCCc2cn(C)cn2)nc2c1ncn2[C@@H]1O[C@H](c2cc(C(C)O)no2)[C@H](OC=O)[C@H]1OC=O. The molecule has 230 valence electrons. The summed E-state index contributed by atoms with van der Waals surface area (Å²) in [7, 11) is 1.91. The highest BCUT2D eigenvalue weighted by molar-refractivity contribution is 5.84. The first kappa shape index (κ1) is 29.9. The fraction of sp³-hybridized carbons (Fsp3) is 0.519. The molecule has 1 aliphatic rings. The van der Waals surface area contributed by atoms with E-state index in [-0.39, 0.29) is 30.4 Å². The molecule has 1 saturated heterocycles. The minimum atomic E-state index is -1.10. The van der Waals surface area contributed by atoms with E-state index >= 15 is 0 Å². The Morgan fingerprint density at radius 2 is 1.88 bits per heavy atom. The van der Waals surface area contributed by atoms with Crippen LogP contribution in [0.25, 0.3) is 11.2 Å². The second-order valence-electron chi connectivity index (χ2n) is 10.3. The Morgan fingerprint density at radius 3 is 2.53 bits per heavy atom. The van der Waals surface area contributed by atoms with Gasteiger partial charge in [-0.15, -0.1) is 0 Å². The Morgan fingerprint density at radius 1 is 1.12 bits per heavy atom. The predicted octanol–water partition coefficient (Wildman–Crippen LogP) is 2.21. The second kappa shape index (κ2) is 13.2. The molecule has 4 aromatic heterocycles. The summed E-state index contributed by atoms with van der Waals surface area (Å²) in [6.07, 6.45) is 2.43. The molecule has 43 heavy (non-hydrogen) atoms. The second-order valence-corrected chi connectivity index (χ2v) is 10.3. The van der Waals surface area contributed by atoms with Crippen LogP contribution < -0.4 is 10.6 Å². The van der Waals surface area contributed by atoms with Crippen LogP contribution in [0.2, 0.25) is 0 Å². The van der Waals surface area contributed by atoms with Gasteiger partial charge in [0.25, 0.3) is 12.9 Å². The van der Waals surface area contributed by atoms with E-state index in [1.807, 2.05) is 17.8 Å². The number of rotatable bonds is 15. The molecule has 0 bridgehead atoms. The van der Waals surface area contributed by atoms with Gasteiger partial charge >= 0.3 is 0 Å². The lowest BCUT2D eigenvalue weighted by Crippen LogP contribution is -2.34. The van der Waals surface area contributed by atoms with E-state index in [4.69, 9.17) is 28.7 Å². The minimum Gasteiger partial charge on any atom is -0.457 e. The van der Waals surface area contributed by atoms with Crippen molar-refractivity contribution in [3.8, 4) is 0 Å². The number of hydrogen-bond donors (Lipinski definition) is 3. The van der Waals surface area contributed by atoms with E-state index in [2.05, 4.69) is 39.6 Å². The molecule has 1 fully saturated rings. The zero-order valence-corrected chi connectivity index (χ0v) is 24.3. The van der Waals surface area contributed by atoms with E-state index < -0.39 is 30.6 Å². The quantitative estimate of drug-likeness (QED) is 0.169. The number of fused-ring (bicyclic) bond motifs is 1. The maximum absolute atomic E-state index is 11.6. The Balaban J connectivity index is 1.52. The molecule has 5 atom stereocenters. The van der Waals surface area contributed by atoms with Crippen molar-refractivity contribution in [2.75, 3.05) is 17.2 Å². The molecule has 4 aromatic rings. The number of imidazole rings is 2.